The maximum absolute atomic E-state index is 13.5. The van der Waals surface area contributed by atoms with Gasteiger partial charge < -0.3 is 10.6 Å². The van der Waals surface area contributed by atoms with Crippen LogP contribution in [0.2, 0.25) is 0 Å². The summed E-state index contributed by atoms with van der Waals surface area (Å²) in [5.41, 5.74) is 0.987. The van der Waals surface area contributed by atoms with Crippen molar-refractivity contribution >= 4 is 15.9 Å². The Bertz CT molecular complexity index is 420. The minimum absolute atomic E-state index is 0.120. The molecule has 1 aromatic rings. The first-order valence-corrected chi connectivity index (χ1v) is 7.18. The third-order valence-corrected chi connectivity index (χ3v) is 3.91. The van der Waals surface area contributed by atoms with Crippen molar-refractivity contribution in [1.82, 2.24) is 10.6 Å². The molecule has 1 heterocycles. The van der Waals surface area contributed by atoms with Gasteiger partial charge in [-0.15, -0.1) is 0 Å². The molecule has 0 amide bonds. The van der Waals surface area contributed by atoms with E-state index >= 15 is 0 Å². The van der Waals surface area contributed by atoms with Gasteiger partial charge in [-0.1, -0.05) is 15.9 Å². The third-order valence-electron chi connectivity index (χ3n) is 3.42. The van der Waals surface area contributed by atoms with Crippen molar-refractivity contribution < 1.29 is 4.39 Å². The highest BCUT2D eigenvalue weighted by molar-refractivity contribution is 9.10. The largest absolute Gasteiger partial charge is 0.312 e. The molecule has 0 saturated carbocycles. The summed E-state index contributed by atoms with van der Waals surface area (Å²) >= 11 is 3.37. The average Bonchev–Trinajstić information content (AvgIpc) is 2.63. The lowest BCUT2D eigenvalue weighted by molar-refractivity contribution is 0.442. The highest BCUT2D eigenvalue weighted by Gasteiger charge is 2.29. The topological polar surface area (TPSA) is 24.1 Å². The molecule has 0 radical (unpaired) electrons. The van der Waals surface area contributed by atoms with Crippen molar-refractivity contribution in [1.29, 1.82) is 0 Å². The lowest BCUT2D eigenvalue weighted by Gasteiger charge is -2.17. The van der Waals surface area contributed by atoms with Crippen molar-refractivity contribution in [2.75, 3.05) is 13.1 Å². The Morgan fingerprint density at radius 1 is 1.50 bits per heavy atom. The zero-order valence-electron chi connectivity index (χ0n) is 10.9. The van der Waals surface area contributed by atoms with Crippen molar-refractivity contribution in [3.63, 3.8) is 0 Å². The molecule has 0 aromatic heterocycles. The smallest absolute Gasteiger partial charge is 0.126 e. The lowest BCUT2D eigenvalue weighted by atomic mass is 10.0. The summed E-state index contributed by atoms with van der Waals surface area (Å²) in [5, 5.41) is 6.96. The maximum atomic E-state index is 13.5. The van der Waals surface area contributed by atoms with Gasteiger partial charge in [-0.05, 0) is 57.0 Å². The summed E-state index contributed by atoms with van der Waals surface area (Å²) in [6.45, 7) is 6.23. The molecule has 1 unspecified atom stereocenters. The van der Waals surface area contributed by atoms with Gasteiger partial charge in [-0.25, -0.2) is 4.39 Å². The van der Waals surface area contributed by atoms with Gasteiger partial charge in [0.2, 0.25) is 0 Å². The van der Waals surface area contributed by atoms with E-state index in [-0.39, 0.29) is 11.4 Å². The third kappa shape index (κ3) is 3.77. The fraction of sp³-hybridized carbons (Fsp3) is 0.571. The Balaban J connectivity index is 1.80. The van der Waals surface area contributed by atoms with E-state index in [0.717, 1.165) is 36.0 Å². The number of halogens is 2. The molecule has 2 nitrogen and oxygen atoms in total. The van der Waals surface area contributed by atoms with Gasteiger partial charge in [0.15, 0.2) is 0 Å². The van der Waals surface area contributed by atoms with E-state index in [1.54, 1.807) is 6.07 Å². The maximum Gasteiger partial charge on any atom is 0.126 e. The number of hydrogen-bond acceptors (Lipinski definition) is 2. The molecule has 0 aliphatic carbocycles. The van der Waals surface area contributed by atoms with Crippen molar-refractivity contribution in [3.8, 4) is 0 Å². The number of hydrogen-bond donors (Lipinski definition) is 2. The van der Waals surface area contributed by atoms with Crippen molar-refractivity contribution in [3.05, 3.63) is 34.1 Å². The predicted octanol–water partition coefficient (Wildman–Crippen LogP) is 2.86. The Morgan fingerprint density at radius 2 is 2.28 bits per heavy atom. The van der Waals surface area contributed by atoms with Crippen LogP contribution in [0.25, 0.3) is 0 Å². The monoisotopic (exact) mass is 314 g/mol. The Morgan fingerprint density at radius 3 is 2.94 bits per heavy atom. The van der Waals surface area contributed by atoms with E-state index in [0.29, 0.717) is 6.04 Å². The van der Waals surface area contributed by atoms with Crippen LogP contribution in [0, 0.1) is 5.82 Å². The second-order valence-corrected chi connectivity index (χ2v) is 6.52. The first-order chi connectivity index (χ1) is 8.46. The van der Waals surface area contributed by atoms with Crippen LogP contribution in [0.4, 0.5) is 4.39 Å². The van der Waals surface area contributed by atoms with Crippen LogP contribution in [0.5, 0.6) is 0 Å². The van der Waals surface area contributed by atoms with Crippen LogP contribution in [0.1, 0.15) is 25.8 Å². The fourth-order valence-corrected chi connectivity index (χ4v) is 2.86. The second kappa shape index (κ2) is 5.68. The highest BCUT2D eigenvalue weighted by Crippen LogP contribution is 2.18. The first-order valence-electron chi connectivity index (χ1n) is 6.39. The molecule has 1 fully saturated rings. The molecule has 1 aliphatic rings. The second-order valence-electron chi connectivity index (χ2n) is 5.61. The SMILES string of the molecule is CC1(C)CC(NCCc2cc(Br)ccc2F)CN1. The molecule has 100 valence electrons. The normalized spacial score (nSPS) is 22.3. The van der Waals surface area contributed by atoms with Crippen LogP contribution < -0.4 is 10.6 Å². The van der Waals surface area contributed by atoms with Crippen molar-refractivity contribution in [2.45, 2.75) is 38.3 Å². The predicted molar refractivity (Wildman–Crippen MR) is 76.3 cm³/mol. The summed E-state index contributed by atoms with van der Waals surface area (Å²) in [5.74, 6) is -0.120. The van der Waals surface area contributed by atoms with Gasteiger partial charge in [0.1, 0.15) is 5.82 Å². The van der Waals surface area contributed by atoms with E-state index in [4.69, 9.17) is 0 Å². The molecule has 1 saturated heterocycles. The molecule has 2 N–H and O–H groups in total. The van der Waals surface area contributed by atoms with Crippen molar-refractivity contribution in [2.24, 2.45) is 0 Å². The summed E-state index contributed by atoms with van der Waals surface area (Å²) < 4.78 is 14.5. The Kier molecular flexibility index (Phi) is 4.41. The van der Waals surface area contributed by atoms with E-state index < -0.39 is 0 Å². The summed E-state index contributed by atoms with van der Waals surface area (Å²) in [7, 11) is 0. The molecule has 18 heavy (non-hydrogen) atoms. The summed E-state index contributed by atoms with van der Waals surface area (Å²) in [6.07, 6.45) is 1.84. The zero-order valence-corrected chi connectivity index (χ0v) is 12.5. The molecule has 1 aliphatic heterocycles. The zero-order chi connectivity index (χ0) is 13.2. The van der Waals surface area contributed by atoms with Crippen LogP contribution >= 0.6 is 15.9 Å². The fourth-order valence-electron chi connectivity index (χ4n) is 2.45. The number of benzene rings is 1. The van der Waals surface area contributed by atoms with Crippen LogP contribution in [0.3, 0.4) is 0 Å². The average molecular weight is 315 g/mol. The van der Waals surface area contributed by atoms with Gasteiger partial charge in [0.25, 0.3) is 0 Å². The Hall–Kier alpha value is -0.450. The van der Waals surface area contributed by atoms with Gasteiger partial charge in [-0.2, -0.15) is 0 Å². The molecule has 4 heteroatoms. The molecular formula is C14H20BrFN2. The molecular weight excluding hydrogens is 295 g/mol. The summed E-state index contributed by atoms with van der Waals surface area (Å²) in [6, 6.07) is 5.60. The van der Waals surface area contributed by atoms with Gasteiger partial charge >= 0.3 is 0 Å². The van der Waals surface area contributed by atoms with Gasteiger partial charge in [0, 0.05) is 22.6 Å². The summed E-state index contributed by atoms with van der Waals surface area (Å²) in [4.78, 5) is 0. The van der Waals surface area contributed by atoms with E-state index in [1.807, 2.05) is 6.07 Å². The van der Waals surface area contributed by atoms with Crippen LogP contribution in [-0.4, -0.2) is 24.7 Å². The minimum Gasteiger partial charge on any atom is -0.312 e. The highest BCUT2D eigenvalue weighted by atomic mass is 79.9. The van der Waals surface area contributed by atoms with Crippen LogP contribution in [0.15, 0.2) is 22.7 Å². The quantitative estimate of drug-likeness (QED) is 0.893. The van der Waals surface area contributed by atoms with Gasteiger partial charge in [0.05, 0.1) is 0 Å². The van der Waals surface area contributed by atoms with Crippen LogP contribution in [-0.2, 0) is 6.42 Å². The number of nitrogens with one attached hydrogen (secondary N) is 2. The molecule has 0 bridgehead atoms. The first kappa shape index (κ1) is 14.0. The Labute approximate surface area is 116 Å². The molecule has 1 aromatic carbocycles. The van der Waals surface area contributed by atoms with E-state index in [2.05, 4.69) is 40.4 Å². The van der Waals surface area contributed by atoms with E-state index in [9.17, 15) is 4.39 Å². The standard InChI is InChI=1S/C14H20BrFN2/c1-14(2)8-12(9-18-14)17-6-5-10-7-11(15)3-4-13(10)16/h3-4,7,12,17-18H,5-6,8-9H2,1-2H3. The van der Waals surface area contributed by atoms with E-state index in [1.165, 1.54) is 6.07 Å². The molecule has 0 spiro atoms. The minimum atomic E-state index is -0.120. The van der Waals surface area contributed by atoms with Gasteiger partial charge in [-0.3, -0.25) is 0 Å². The molecule has 2 rings (SSSR count). The molecule has 1 atom stereocenters. The number of rotatable bonds is 4. The lowest BCUT2D eigenvalue weighted by Crippen LogP contribution is -2.32.